The highest BCUT2D eigenvalue weighted by Gasteiger charge is 2.21. The van der Waals surface area contributed by atoms with E-state index in [0.717, 1.165) is 38.3 Å². The van der Waals surface area contributed by atoms with Crippen LogP contribution in [0.15, 0.2) is 12.1 Å². The molecule has 0 aliphatic carbocycles. The van der Waals surface area contributed by atoms with Gasteiger partial charge in [0.25, 0.3) is 0 Å². The fraction of sp³-hybridized carbons (Fsp3) is 0.706. The van der Waals surface area contributed by atoms with Crippen LogP contribution in [0.4, 0.5) is 5.82 Å². The number of hydrogen-bond acceptors (Lipinski definition) is 4. The molecule has 1 aliphatic heterocycles. The summed E-state index contributed by atoms with van der Waals surface area (Å²) in [5, 5.41) is 3.26. The van der Waals surface area contributed by atoms with Crippen molar-refractivity contribution in [3.05, 3.63) is 23.4 Å². The average Bonchev–Trinajstić information content (AvgIpc) is 2.60. The number of hydrogen-bond donors (Lipinski definition) is 1. The van der Waals surface area contributed by atoms with Crippen molar-refractivity contribution < 1.29 is 0 Å². The van der Waals surface area contributed by atoms with E-state index < -0.39 is 0 Å². The van der Waals surface area contributed by atoms with Crippen molar-refractivity contribution in [3.8, 4) is 0 Å². The summed E-state index contributed by atoms with van der Waals surface area (Å²) in [5.41, 5.74) is 2.57. The molecule has 1 aromatic rings. The Hall–Kier alpha value is -1.13. The number of aryl methyl sites for hydroxylation is 1. The van der Waals surface area contributed by atoms with Crippen molar-refractivity contribution in [2.75, 3.05) is 38.6 Å². The molecule has 1 N–H and O–H groups in total. The minimum absolute atomic E-state index is 0.518. The Morgan fingerprint density at radius 3 is 2.86 bits per heavy atom. The first-order chi connectivity index (χ1) is 10.1. The van der Waals surface area contributed by atoms with Crippen LogP contribution in [-0.2, 0) is 13.0 Å². The van der Waals surface area contributed by atoms with Crippen LogP contribution in [0.25, 0.3) is 0 Å². The van der Waals surface area contributed by atoms with Crippen LogP contribution >= 0.6 is 0 Å². The van der Waals surface area contributed by atoms with Gasteiger partial charge in [0.15, 0.2) is 0 Å². The molecule has 118 valence electrons. The predicted octanol–water partition coefficient (Wildman–Crippen LogP) is 2.28. The summed E-state index contributed by atoms with van der Waals surface area (Å²) in [7, 11) is 4.22. The zero-order valence-electron chi connectivity index (χ0n) is 14.0. The van der Waals surface area contributed by atoms with E-state index in [1.165, 1.54) is 24.2 Å². The second-order valence-corrected chi connectivity index (χ2v) is 6.26. The summed E-state index contributed by atoms with van der Waals surface area (Å²) in [6, 6.07) is 5.03. The quantitative estimate of drug-likeness (QED) is 0.901. The van der Waals surface area contributed by atoms with Crippen LogP contribution in [0.2, 0.25) is 0 Å². The third kappa shape index (κ3) is 4.42. The maximum absolute atomic E-state index is 4.93. The molecule has 0 radical (unpaired) electrons. The number of aromatic nitrogens is 1. The first-order valence-corrected chi connectivity index (χ1v) is 8.23. The second kappa shape index (κ2) is 7.76. The third-order valence-electron chi connectivity index (χ3n) is 4.15. The van der Waals surface area contributed by atoms with E-state index in [1.54, 1.807) is 0 Å². The highest BCUT2D eigenvalue weighted by Crippen LogP contribution is 2.21. The first-order valence-electron chi connectivity index (χ1n) is 8.23. The molecule has 4 nitrogen and oxygen atoms in total. The van der Waals surface area contributed by atoms with Crippen LogP contribution in [0.3, 0.4) is 0 Å². The van der Waals surface area contributed by atoms with E-state index in [1.807, 2.05) is 7.05 Å². The standard InChI is InChI=1S/C17H30N4/c1-5-7-16-10-15(12-18-3)11-17(19-16)21-9-6-8-20(4)13-14(21)2/h10-11,14,18H,5-9,12-13H2,1-4H3. The van der Waals surface area contributed by atoms with Gasteiger partial charge in [-0.2, -0.15) is 0 Å². The molecule has 2 rings (SSSR count). The largest absolute Gasteiger partial charge is 0.353 e. The molecule has 1 unspecified atom stereocenters. The van der Waals surface area contributed by atoms with Gasteiger partial charge in [-0.25, -0.2) is 4.98 Å². The fourth-order valence-electron chi connectivity index (χ4n) is 3.18. The van der Waals surface area contributed by atoms with E-state index in [4.69, 9.17) is 4.98 Å². The molecule has 2 heterocycles. The van der Waals surface area contributed by atoms with Crippen LogP contribution in [0.1, 0.15) is 37.9 Å². The summed E-state index contributed by atoms with van der Waals surface area (Å²) in [6.45, 7) is 8.84. The summed E-state index contributed by atoms with van der Waals surface area (Å²) < 4.78 is 0. The molecule has 0 spiro atoms. The van der Waals surface area contributed by atoms with Crippen LogP contribution < -0.4 is 10.2 Å². The number of likely N-dealkylation sites (N-methyl/N-ethyl adjacent to an activating group) is 1. The molecule has 4 heteroatoms. The molecule has 1 aliphatic rings. The van der Waals surface area contributed by atoms with E-state index in [0.29, 0.717) is 6.04 Å². The number of nitrogens with one attached hydrogen (secondary N) is 1. The Morgan fingerprint density at radius 2 is 2.14 bits per heavy atom. The number of pyridine rings is 1. The lowest BCUT2D eigenvalue weighted by molar-refractivity contribution is 0.337. The van der Waals surface area contributed by atoms with Crippen LogP contribution in [0, 0.1) is 0 Å². The zero-order chi connectivity index (χ0) is 15.2. The van der Waals surface area contributed by atoms with Crippen molar-refractivity contribution in [2.24, 2.45) is 0 Å². The number of anilines is 1. The molecule has 0 bridgehead atoms. The molecule has 0 saturated carbocycles. The van der Waals surface area contributed by atoms with E-state index in [-0.39, 0.29) is 0 Å². The highest BCUT2D eigenvalue weighted by atomic mass is 15.3. The monoisotopic (exact) mass is 290 g/mol. The lowest BCUT2D eigenvalue weighted by Crippen LogP contribution is -2.38. The van der Waals surface area contributed by atoms with E-state index in [9.17, 15) is 0 Å². The van der Waals surface area contributed by atoms with Crippen LogP contribution in [0.5, 0.6) is 0 Å². The number of rotatable bonds is 5. The summed E-state index contributed by atoms with van der Waals surface area (Å²) in [4.78, 5) is 9.84. The summed E-state index contributed by atoms with van der Waals surface area (Å²) in [5.74, 6) is 1.16. The summed E-state index contributed by atoms with van der Waals surface area (Å²) in [6.07, 6.45) is 3.42. The Balaban J connectivity index is 2.27. The predicted molar refractivity (Wildman–Crippen MR) is 89.9 cm³/mol. The molecule has 1 saturated heterocycles. The lowest BCUT2D eigenvalue weighted by Gasteiger charge is -2.30. The fourth-order valence-corrected chi connectivity index (χ4v) is 3.18. The van der Waals surface area contributed by atoms with Crippen molar-refractivity contribution in [2.45, 2.75) is 45.7 Å². The van der Waals surface area contributed by atoms with Crippen molar-refractivity contribution in [1.29, 1.82) is 0 Å². The minimum Gasteiger partial charge on any atom is -0.353 e. The smallest absolute Gasteiger partial charge is 0.129 e. The van der Waals surface area contributed by atoms with Gasteiger partial charge in [0.2, 0.25) is 0 Å². The SMILES string of the molecule is CCCc1cc(CNC)cc(N2CCCN(C)CC2C)n1. The van der Waals surface area contributed by atoms with Crippen LogP contribution in [-0.4, -0.2) is 49.7 Å². The van der Waals surface area contributed by atoms with E-state index in [2.05, 4.69) is 48.1 Å². The maximum atomic E-state index is 4.93. The Morgan fingerprint density at radius 1 is 1.33 bits per heavy atom. The summed E-state index contributed by atoms with van der Waals surface area (Å²) >= 11 is 0. The topological polar surface area (TPSA) is 31.4 Å². The molecule has 1 atom stereocenters. The minimum atomic E-state index is 0.518. The van der Waals surface area contributed by atoms with Gasteiger partial charge in [-0.3, -0.25) is 0 Å². The maximum Gasteiger partial charge on any atom is 0.129 e. The first kappa shape index (κ1) is 16.2. The average molecular weight is 290 g/mol. The number of nitrogens with zero attached hydrogens (tertiary/aromatic N) is 3. The van der Waals surface area contributed by atoms with Gasteiger partial charge in [-0.05, 0) is 58.1 Å². The molecule has 21 heavy (non-hydrogen) atoms. The zero-order valence-corrected chi connectivity index (χ0v) is 14.0. The molecular weight excluding hydrogens is 260 g/mol. The van der Waals surface area contributed by atoms with Crippen molar-refractivity contribution >= 4 is 5.82 Å². The van der Waals surface area contributed by atoms with Gasteiger partial charge in [-0.15, -0.1) is 0 Å². The Bertz CT molecular complexity index is 422. The third-order valence-corrected chi connectivity index (χ3v) is 4.15. The van der Waals surface area contributed by atoms with Gasteiger partial charge in [0.1, 0.15) is 5.82 Å². The highest BCUT2D eigenvalue weighted by molar-refractivity contribution is 5.44. The van der Waals surface area contributed by atoms with Gasteiger partial charge in [0, 0.05) is 31.4 Å². The lowest BCUT2D eigenvalue weighted by atomic mass is 10.1. The second-order valence-electron chi connectivity index (χ2n) is 6.26. The van der Waals surface area contributed by atoms with E-state index >= 15 is 0 Å². The van der Waals surface area contributed by atoms with Crippen molar-refractivity contribution in [1.82, 2.24) is 15.2 Å². The van der Waals surface area contributed by atoms with Gasteiger partial charge in [-0.1, -0.05) is 13.3 Å². The molecule has 0 aromatic carbocycles. The normalized spacial score (nSPS) is 20.6. The molecule has 1 aromatic heterocycles. The molecular formula is C17H30N4. The van der Waals surface area contributed by atoms with Crippen molar-refractivity contribution in [3.63, 3.8) is 0 Å². The van der Waals surface area contributed by atoms with Gasteiger partial charge >= 0.3 is 0 Å². The molecule has 1 fully saturated rings. The van der Waals surface area contributed by atoms with Gasteiger partial charge < -0.3 is 15.1 Å². The Labute approximate surface area is 129 Å². The van der Waals surface area contributed by atoms with Gasteiger partial charge in [0.05, 0.1) is 0 Å². The molecule has 0 amide bonds. The Kier molecular flexibility index (Phi) is 6.00.